The predicted molar refractivity (Wildman–Crippen MR) is 97.1 cm³/mol. The third-order valence-electron chi connectivity index (χ3n) is 5.53. The molecule has 2 N–H and O–H groups in total. The average molecular weight is 365 g/mol. The van der Waals surface area contributed by atoms with Crippen LogP contribution in [-0.4, -0.2) is 51.9 Å². The number of amides is 1. The first-order valence-electron chi connectivity index (χ1n) is 8.97. The third kappa shape index (κ3) is 3.73. The summed E-state index contributed by atoms with van der Waals surface area (Å²) in [5.41, 5.74) is 1.64. The first-order chi connectivity index (χ1) is 11.9. The van der Waals surface area contributed by atoms with Gasteiger partial charge in [0.05, 0.1) is 4.90 Å². The zero-order chi connectivity index (χ0) is 18.1. The first kappa shape index (κ1) is 18.4. The first-order valence-corrected chi connectivity index (χ1v) is 10.5. The molecule has 1 amide bonds. The fourth-order valence-corrected chi connectivity index (χ4v) is 4.92. The van der Waals surface area contributed by atoms with Gasteiger partial charge in [-0.25, -0.2) is 13.1 Å². The molecule has 2 aliphatic rings. The van der Waals surface area contributed by atoms with E-state index in [4.69, 9.17) is 0 Å². The number of hydrogen-bond acceptors (Lipinski definition) is 4. The van der Waals surface area contributed by atoms with Crippen LogP contribution in [0, 0.1) is 12.3 Å². The van der Waals surface area contributed by atoms with Crippen molar-refractivity contribution in [2.24, 2.45) is 5.41 Å². The van der Waals surface area contributed by atoms with Crippen LogP contribution in [0.1, 0.15) is 42.1 Å². The van der Waals surface area contributed by atoms with Gasteiger partial charge in [-0.15, -0.1) is 0 Å². The molecule has 2 fully saturated rings. The molecular formula is C18H27N3O3S. The minimum absolute atomic E-state index is 0.0631. The number of hydrogen-bond donors (Lipinski definition) is 2. The molecule has 0 aromatic heterocycles. The Morgan fingerprint density at radius 3 is 2.60 bits per heavy atom. The number of sulfonamides is 1. The number of nitrogens with zero attached hydrogens (tertiary/aromatic N) is 1. The summed E-state index contributed by atoms with van der Waals surface area (Å²) in [6.45, 7) is 7.50. The van der Waals surface area contributed by atoms with E-state index < -0.39 is 10.0 Å². The number of nitrogens with one attached hydrogen (secondary N) is 2. The maximum Gasteiger partial charge on any atom is 0.254 e. The Kier molecular flexibility index (Phi) is 5.18. The smallest absolute Gasteiger partial charge is 0.254 e. The van der Waals surface area contributed by atoms with Gasteiger partial charge in [0.15, 0.2) is 0 Å². The number of rotatable bonds is 4. The van der Waals surface area contributed by atoms with E-state index in [9.17, 15) is 13.2 Å². The summed E-state index contributed by atoms with van der Waals surface area (Å²) in [6.07, 6.45) is 3.21. The SMILES string of the molecule is CCNS(=O)(=O)c1ccc(C)c(C(=O)N2CCC3(CCNC3)CC2)c1. The van der Waals surface area contributed by atoms with Crippen LogP contribution in [0.4, 0.5) is 0 Å². The van der Waals surface area contributed by atoms with Crippen molar-refractivity contribution in [1.82, 2.24) is 14.9 Å². The van der Waals surface area contributed by atoms with E-state index in [2.05, 4.69) is 10.0 Å². The molecule has 1 aromatic rings. The molecule has 2 heterocycles. The lowest BCUT2D eigenvalue weighted by Gasteiger charge is -2.39. The van der Waals surface area contributed by atoms with Crippen LogP contribution in [-0.2, 0) is 10.0 Å². The van der Waals surface area contributed by atoms with Crippen LogP contribution in [0.25, 0.3) is 0 Å². The van der Waals surface area contributed by atoms with E-state index in [0.29, 0.717) is 17.5 Å². The van der Waals surface area contributed by atoms with Gasteiger partial charge in [0.25, 0.3) is 5.91 Å². The van der Waals surface area contributed by atoms with Gasteiger partial charge in [0.1, 0.15) is 0 Å². The van der Waals surface area contributed by atoms with Crippen molar-refractivity contribution in [3.05, 3.63) is 29.3 Å². The van der Waals surface area contributed by atoms with Crippen LogP contribution in [0.3, 0.4) is 0 Å². The fraction of sp³-hybridized carbons (Fsp3) is 0.611. The Morgan fingerprint density at radius 1 is 1.28 bits per heavy atom. The lowest BCUT2D eigenvalue weighted by atomic mass is 9.77. The number of aryl methyl sites for hydroxylation is 1. The molecule has 6 nitrogen and oxygen atoms in total. The van der Waals surface area contributed by atoms with Crippen molar-refractivity contribution in [1.29, 1.82) is 0 Å². The Balaban J connectivity index is 1.78. The van der Waals surface area contributed by atoms with Gasteiger partial charge in [-0.3, -0.25) is 4.79 Å². The van der Waals surface area contributed by atoms with Crippen molar-refractivity contribution in [2.75, 3.05) is 32.7 Å². The second kappa shape index (κ2) is 7.05. The molecule has 0 atom stereocenters. The quantitative estimate of drug-likeness (QED) is 0.848. The van der Waals surface area contributed by atoms with E-state index in [-0.39, 0.29) is 10.8 Å². The molecule has 1 spiro atoms. The lowest BCUT2D eigenvalue weighted by molar-refractivity contribution is 0.0606. The number of benzene rings is 1. The molecule has 2 saturated heterocycles. The highest BCUT2D eigenvalue weighted by molar-refractivity contribution is 7.89. The zero-order valence-corrected chi connectivity index (χ0v) is 15.8. The molecule has 3 rings (SSSR count). The fourth-order valence-electron chi connectivity index (χ4n) is 3.85. The molecule has 7 heteroatoms. The van der Waals surface area contributed by atoms with Crippen molar-refractivity contribution in [3.63, 3.8) is 0 Å². The van der Waals surface area contributed by atoms with Gasteiger partial charge < -0.3 is 10.2 Å². The summed E-state index contributed by atoms with van der Waals surface area (Å²) < 4.78 is 26.9. The van der Waals surface area contributed by atoms with Crippen LogP contribution >= 0.6 is 0 Å². The Morgan fingerprint density at radius 2 is 2.00 bits per heavy atom. The van der Waals surface area contributed by atoms with Crippen LogP contribution in [0.5, 0.6) is 0 Å². The van der Waals surface area contributed by atoms with Gasteiger partial charge in [0, 0.05) is 31.7 Å². The molecule has 0 aliphatic carbocycles. The second-order valence-corrected chi connectivity index (χ2v) is 8.96. The molecule has 138 valence electrons. The zero-order valence-electron chi connectivity index (χ0n) is 15.0. The molecule has 25 heavy (non-hydrogen) atoms. The largest absolute Gasteiger partial charge is 0.339 e. The summed E-state index contributed by atoms with van der Waals surface area (Å²) >= 11 is 0. The number of carbonyl (C=O) groups excluding carboxylic acids is 1. The van der Waals surface area contributed by atoms with Gasteiger partial charge in [-0.1, -0.05) is 13.0 Å². The van der Waals surface area contributed by atoms with E-state index in [0.717, 1.165) is 44.6 Å². The minimum Gasteiger partial charge on any atom is -0.339 e. The molecule has 2 aliphatic heterocycles. The van der Waals surface area contributed by atoms with Gasteiger partial charge in [0.2, 0.25) is 10.0 Å². The standard InChI is InChI=1S/C18H27N3O3S/c1-3-20-25(23,24)15-5-4-14(2)16(12-15)17(22)21-10-7-18(8-11-21)6-9-19-13-18/h4-5,12,19-20H,3,6-11,13H2,1-2H3. The summed E-state index contributed by atoms with van der Waals surface area (Å²) in [6, 6.07) is 4.78. The van der Waals surface area contributed by atoms with Crippen LogP contribution < -0.4 is 10.0 Å². The summed E-state index contributed by atoms with van der Waals surface area (Å²) in [7, 11) is -3.56. The highest BCUT2D eigenvalue weighted by Gasteiger charge is 2.38. The lowest BCUT2D eigenvalue weighted by Crippen LogP contribution is -2.44. The summed E-state index contributed by atoms with van der Waals surface area (Å²) in [5.74, 6) is -0.0631. The molecular weight excluding hydrogens is 338 g/mol. The highest BCUT2D eigenvalue weighted by atomic mass is 32.2. The normalized spacial score (nSPS) is 20.2. The van der Waals surface area contributed by atoms with E-state index in [1.165, 1.54) is 12.5 Å². The number of likely N-dealkylation sites (tertiary alicyclic amines) is 1. The number of carbonyl (C=O) groups is 1. The third-order valence-corrected chi connectivity index (χ3v) is 7.07. The van der Waals surface area contributed by atoms with E-state index in [1.807, 2.05) is 11.8 Å². The molecule has 0 bridgehead atoms. The average Bonchev–Trinajstić information content (AvgIpc) is 3.03. The van der Waals surface area contributed by atoms with Crippen molar-refractivity contribution < 1.29 is 13.2 Å². The summed E-state index contributed by atoms with van der Waals surface area (Å²) in [5, 5.41) is 3.43. The Bertz CT molecular complexity index is 745. The predicted octanol–water partition coefficient (Wildman–Crippen LogP) is 1.51. The van der Waals surface area contributed by atoms with Crippen molar-refractivity contribution in [3.8, 4) is 0 Å². The van der Waals surface area contributed by atoms with Crippen LogP contribution in [0.15, 0.2) is 23.1 Å². The van der Waals surface area contributed by atoms with Crippen molar-refractivity contribution >= 4 is 15.9 Å². The van der Waals surface area contributed by atoms with Crippen LogP contribution in [0.2, 0.25) is 0 Å². The van der Waals surface area contributed by atoms with Gasteiger partial charge in [-0.05, 0) is 55.8 Å². The topological polar surface area (TPSA) is 78.5 Å². The highest BCUT2D eigenvalue weighted by Crippen LogP contribution is 2.37. The molecule has 1 aromatic carbocycles. The molecule has 0 saturated carbocycles. The van der Waals surface area contributed by atoms with E-state index in [1.54, 1.807) is 19.1 Å². The van der Waals surface area contributed by atoms with Gasteiger partial charge in [-0.2, -0.15) is 0 Å². The van der Waals surface area contributed by atoms with Gasteiger partial charge >= 0.3 is 0 Å². The maximum absolute atomic E-state index is 13.0. The molecule has 0 unspecified atom stereocenters. The monoisotopic (exact) mass is 365 g/mol. The second-order valence-electron chi connectivity index (χ2n) is 7.20. The summed E-state index contributed by atoms with van der Waals surface area (Å²) in [4.78, 5) is 15.0. The minimum atomic E-state index is -3.56. The van der Waals surface area contributed by atoms with Crippen molar-refractivity contribution in [2.45, 2.75) is 38.0 Å². The van der Waals surface area contributed by atoms with E-state index >= 15 is 0 Å². The molecule has 0 radical (unpaired) electrons. The Hall–Kier alpha value is -1.44. The maximum atomic E-state index is 13.0. The Labute approximate surface area is 150 Å². The number of piperidine rings is 1.